The van der Waals surface area contributed by atoms with E-state index in [0.717, 1.165) is 12.8 Å². The molecule has 2 atom stereocenters. The van der Waals surface area contributed by atoms with Crippen molar-refractivity contribution in [2.24, 2.45) is 17.1 Å². The van der Waals surface area contributed by atoms with E-state index in [9.17, 15) is 0 Å². The lowest BCUT2D eigenvalue weighted by atomic mass is 9.61. The van der Waals surface area contributed by atoms with Crippen LogP contribution in [0.4, 0.5) is 0 Å². The van der Waals surface area contributed by atoms with Crippen molar-refractivity contribution in [1.29, 1.82) is 0 Å². The van der Waals surface area contributed by atoms with E-state index in [2.05, 4.69) is 46.9 Å². The van der Waals surface area contributed by atoms with Gasteiger partial charge in [0.1, 0.15) is 0 Å². The van der Waals surface area contributed by atoms with E-state index in [1.54, 1.807) is 11.3 Å². The van der Waals surface area contributed by atoms with Gasteiger partial charge in [-0.25, -0.2) is 4.98 Å². The second-order valence-electron chi connectivity index (χ2n) is 8.95. The van der Waals surface area contributed by atoms with Crippen molar-refractivity contribution in [3.05, 3.63) is 16.1 Å². The van der Waals surface area contributed by atoms with Crippen molar-refractivity contribution >= 4 is 11.3 Å². The number of nitrogens with two attached hydrogens (primary N) is 1. The maximum absolute atomic E-state index is 6.91. The Kier molecular flexibility index (Phi) is 4.57. The van der Waals surface area contributed by atoms with Crippen LogP contribution in [0, 0.1) is 11.3 Å². The minimum absolute atomic E-state index is 0.0799. The van der Waals surface area contributed by atoms with Crippen molar-refractivity contribution in [3.8, 4) is 0 Å². The molecule has 2 nitrogen and oxygen atoms in total. The van der Waals surface area contributed by atoms with E-state index in [1.807, 2.05) is 0 Å². The molecule has 2 rings (SSSR count). The Morgan fingerprint density at radius 2 is 1.90 bits per heavy atom. The van der Waals surface area contributed by atoms with Gasteiger partial charge in [0, 0.05) is 22.8 Å². The highest BCUT2D eigenvalue weighted by Gasteiger charge is 2.43. The molecular weight excluding hydrogens is 276 g/mol. The Hall–Kier alpha value is -0.410. The fourth-order valence-electron chi connectivity index (χ4n) is 3.79. The van der Waals surface area contributed by atoms with Crippen LogP contribution in [-0.2, 0) is 11.8 Å². The first kappa shape index (κ1) is 17.0. The summed E-state index contributed by atoms with van der Waals surface area (Å²) < 4.78 is 0. The molecule has 1 aliphatic carbocycles. The number of hydrogen-bond acceptors (Lipinski definition) is 3. The first-order valence-electron chi connectivity index (χ1n) is 8.26. The van der Waals surface area contributed by atoms with Crippen LogP contribution in [0.1, 0.15) is 77.9 Å². The topological polar surface area (TPSA) is 38.9 Å². The predicted octanol–water partition coefficient (Wildman–Crippen LogP) is 4.92. The van der Waals surface area contributed by atoms with Crippen LogP contribution in [0.25, 0.3) is 0 Å². The number of aromatic nitrogens is 1. The lowest BCUT2D eigenvalue weighted by Gasteiger charge is -2.47. The summed E-state index contributed by atoms with van der Waals surface area (Å²) in [6, 6.07) is 0. The van der Waals surface area contributed by atoms with Crippen molar-refractivity contribution in [2.45, 2.75) is 84.6 Å². The van der Waals surface area contributed by atoms with Gasteiger partial charge in [0.15, 0.2) is 0 Å². The van der Waals surface area contributed by atoms with Crippen LogP contribution in [-0.4, -0.2) is 10.5 Å². The maximum Gasteiger partial charge on any atom is 0.0946 e. The number of rotatable bonds is 2. The van der Waals surface area contributed by atoms with Gasteiger partial charge in [0.05, 0.1) is 10.7 Å². The third-order valence-corrected chi connectivity index (χ3v) is 5.77. The van der Waals surface area contributed by atoms with Gasteiger partial charge in [0.2, 0.25) is 0 Å². The smallest absolute Gasteiger partial charge is 0.0946 e. The largest absolute Gasteiger partial charge is 0.324 e. The van der Waals surface area contributed by atoms with Gasteiger partial charge in [0.25, 0.3) is 0 Å². The second kappa shape index (κ2) is 5.66. The highest BCUT2D eigenvalue weighted by molar-refractivity contribution is 7.09. The van der Waals surface area contributed by atoms with Crippen LogP contribution in [0.2, 0.25) is 0 Å². The molecule has 2 unspecified atom stereocenters. The van der Waals surface area contributed by atoms with E-state index in [0.29, 0.717) is 5.92 Å². The minimum atomic E-state index is -0.0799. The quantitative estimate of drug-likeness (QED) is 0.842. The molecule has 1 heterocycles. The highest BCUT2D eigenvalue weighted by Crippen LogP contribution is 2.44. The van der Waals surface area contributed by atoms with E-state index >= 15 is 0 Å². The first-order valence-corrected chi connectivity index (χ1v) is 9.14. The maximum atomic E-state index is 6.91. The molecule has 1 aromatic rings. The van der Waals surface area contributed by atoms with Crippen LogP contribution < -0.4 is 5.73 Å². The van der Waals surface area contributed by atoms with E-state index < -0.39 is 0 Å². The zero-order valence-electron chi connectivity index (χ0n) is 14.6. The van der Waals surface area contributed by atoms with Crippen LogP contribution in [0.5, 0.6) is 0 Å². The predicted molar refractivity (Wildman–Crippen MR) is 92.8 cm³/mol. The minimum Gasteiger partial charge on any atom is -0.324 e. The van der Waals surface area contributed by atoms with E-state index in [1.165, 1.54) is 30.0 Å². The lowest BCUT2D eigenvalue weighted by molar-refractivity contribution is 0.0792. The van der Waals surface area contributed by atoms with E-state index in [4.69, 9.17) is 10.7 Å². The van der Waals surface area contributed by atoms with Crippen molar-refractivity contribution in [3.63, 3.8) is 0 Å². The fourth-order valence-corrected chi connectivity index (χ4v) is 4.95. The average molecular weight is 309 g/mol. The molecule has 0 bridgehead atoms. The Morgan fingerprint density at radius 3 is 2.43 bits per heavy atom. The van der Waals surface area contributed by atoms with Gasteiger partial charge in [-0.3, -0.25) is 0 Å². The molecule has 0 amide bonds. The molecule has 120 valence electrons. The van der Waals surface area contributed by atoms with Gasteiger partial charge in [-0.2, -0.15) is 0 Å². The zero-order valence-corrected chi connectivity index (χ0v) is 15.4. The van der Waals surface area contributed by atoms with E-state index in [-0.39, 0.29) is 16.4 Å². The first-order chi connectivity index (χ1) is 9.52. The standard InChI is InChI=1S/C18H32N2S/c1-16(2,3)13-9-7-8-10-18(13,19)11-15-20-14(12-21-15)17(4,5)6/h12-13H,7-11,19H2,1-6H3. The summed E-state index contributed by atoms with van der Waals surface area (Å²) in [6.07, 6.45) is 5.93. The van der Waals surface area contributed by atoms with Crippen LogP contribution in [0.15, 0.2) is 5.38 Å². The SMILES string of the molecule is CC(C)(C)c1csc(CC2(N)CCCCC2C(C)(C)C)n1. The number of nitrogens with zero attached hydrogens (tertiary/aromatic N) is 1. The fraction of sp³-hybridized carbons (Fsp3) is 0.833. The highest BCUT2D eigenvalue weighted by atomic mass is 32.1. The normalized spacial score (nSPS) is 27.9. The molecule has 1 aliphatic rings. The molecule has 2 N–H and O–H groups in total. The molecular formula is C18H32N2S. The number of hydrogen-bond donors (Lipinski definition) is 1. The molecule has 0 aliphatic heterocycles. The van der Waals surface area contributed by atoms with Gasteiger partial charge in [-0.1, -0.05) is 54.4 Å². The average Bonchev–Trinajstić information content (AvgIpc) is 2.75. The molecule has 0 saturated heterocycles. The summed E-state index contributed by atoms with van der Waals surface area (Å²) in [6.45, 7) is 13.7. The Balaban J connectivity index is 2.21. The summed E-state index contributed by atoms with van der Waals surface area (Å²) in [7, 11) is 0. The summed E-state index contributed by atoms with van der Waals surface area (Å²) >= 11 is 1.79. The van der Waals surface area contributed by atoms with Gasteiger partial charge in [-0.05, 0) is 24.2 Å². The third-order valence-electron chi connectivity index (χ3n) is 4.92. The van der Waals surface area contributed by atoms with Gasteiger partial charge >= 0.3 is 0 Å². The number of thiazole rings is 1. The molecule has 1 fully saturated rings. The Bertz CT molecular complexity index is 478. The van der Waals surface area contributed by atoms with Crippen LogP contribution in [0.3, 0.4) is 0 Å². The van der Waals surface area contributed by atoms with Gasteiger partial charge in [-0.15, -0.1) is 11.3 Å². The molecule has 1 saturated carbocycles. The Labute approximate surface area is 134 Å². The molecule has 0 spiro atoms. The summed E-state index contributed by atoms with van der Waals surface area (Å²) in [4.78, 5) is 4.88. The molecule has 21 heavy (non-hydrogen) atoms. The van der Waals surface area contributed by atoms with Crippen LogP contribution >= 0.6 is 11.3 Å². The lowest BCUT2D eigenvalue weighted by Crippen LogP contribution is -2.55. The van der Waals surface area contributed by atoms with Crippen molar-refractivity contribution < 1.29 is 0 Å². The molecule has 1 aromatic heterocycles. The Morgan fingerprint density at radius 1 is 1.24 bits per heavy atom. The molecule has 0 radical (unpaired) electrons. The zero-order chi connectivity index (χ0) is 15.9. The summed E-state index contributed by atoms with van der Waals surface area (Å²) in [5.74, 6) is 0.584. The van der Waals surface area contributed by atoms with Gasteiger partial charge < -0.3 is 5.73 Å². The monoisotopic (exact) mass is 308 g/mol. The molecule has 3 heteroatoms. The second-order valence-corrected chi connectivity index (χ2v) is 9.89. The molecule has 0 aromatic carbocycles. The van der Waals surface area contributed by atoms with Crippen molar-refractivity contribution in [2.75, 3.05) is 0 Å². The summed E-state index contributed by atoms with van der Waals surface area (Å²) in [5.41, 5.74) is 8.44. The summed E-state index contributed by atoms with van der Waals surface area (Å²) in [5, 5.41) is 3.44. The van der Waals surface area contributed by atoms with Crippen molar-refractivity contribution in [1.82, 2.24) is 4.98 Å². The third kappa shape index (κ3) is 3.87.